The monoisotopic (exact) mass is 386 g/mol. The highest BCUT2D eigenvalue weighted by molar-refractivity contribution is 6.34. The molecular weight excluding hydrogens is 371 g/mol. The molecule has 0 aliphatic carbocycles. The molecule has 0 bridgehead atoms. The Bertz CT molecular complexity index is 984. The summed E-state index contributed by atoms with van der Waals surface area (Å²) in [6.45, 7) is 2.10. The van der Waals surface area contributed by atoms with Crippen LogP contribution in [-0.2, 0) is 19.5 Å². The number of hydrogen-bond donors (Lipinski definition) is 1. The van der Waals surface area contributed by atoms with Crippen LogP contribution in [0.25, 0.3) is 11.4 Å². The molecule has 2 aromatic heterocycles. The highest BCUT2D eigenvalue weighted by Gasteiger charge is 2.21. The Morgan fingerprint density at radius 3 is 2.73 bits per heavy atom. The van der Waals surface area contributed by atoms with Gasteiger partial charge in [-0.1, -0.05) is 23.2 Å². The molecule has 4 rings (SSSR count). The number of benzene rings is 1. The number of halogens is 2. The first-order valence-electron chi connectivity index (χ1n) is 8.28. The first kappa shape index (κ1) is 17.2. The smallest absolute Gasteiger partial charge is 0.254 e. The van der Waals surface area contributed by atoms with Crippen molar-refractivity contribution in [2.45, 2.75) is 19.5 Å². The van der Waals surface area contributed by atoms with Gasteiger partial charge in [0, 0.05) is 53.2 Å². The van der Waals surface area contributed by atoms with Gasteiger partial charge in [0.05, 0.1) is 5.69 Å². The Labute approximate surface area is 160 Å². The molecule has 0 spiro atoms. The quantitative estimate of drug-likeness (QED) is 0.745. The highest BCUT2D eigenvalue weighted by atomic mass is 35.5. The van der Waals surface area contributed by atoms with E-state index in [2.05, 4.69) is 19.9 Å². The number of fused-ring (bicyclic) bond motifs is 1. The van der Waals surface area contributed by atoms with E-state index in [1.807, 2.05) is 24.3 Å². The summed E-state index contributed by atoms with van der Waals surface area (Å²) in [7, 11) is 0. The van der Waals surface area contributed by atoms with Crippen molar-refractivity contribution < 1.29 is 0 Å². The lowest BCUT2D eigenvalue weighted by Crippen LogP contribution is -2.35. The topological polar surface area (TPSA) is 61.9 Å². The van der Waals surface area contributed by atoms with Crippen LogP contribution in [0.4, 0.5) is 0 Å². The zero-order valence-corrected chi connectivity index (χ0v) is 15.4. The van der Waals surface area contributed by atoms with Crippen LogP contribution in [0, 0.1) is 0 Å². The second-order valence-electron chi connectivity index (χ2n) is 6.32. The number of nitrogens with zero attached hydrogens (tertiary/aromatic N) is 3. The largest absolute Gasteiger partial charge is 0.306 e. The van der Waals surface area contributed by atoms with E-state index >= 15 is 0 Å². The molecule has 5 nitrogen and oxygen atoms in total. The Morgan fingerprint density at radius 2 is 2.00 bits per heavy atom. The third kappa shape index (κ3) is 3.65. The number of aromatic nitrogens is 3. The maximum atomic E-state index is 12.4. The zero-order valence-electron chi connectivity index (χ0n) is 13.9. The summed E-state index contributed by atoms with van der Waals surface area (Å²) in [6.07, 6.45) is 4.05. The zero-order chi connectivity index (χ0) is 18.1. The number of hydrogen-bond acceptors (Lipinski definition) is 4. The van der Waals surface area contributed by atoms with Crippen LogP contribution in [-0.4, -0.2) is 26.4 Å². The van der Waals surface area contributed by atoms with Crippen molar-refractivity contribution >= 4 is 23.2 Å². The summed E-state index contributed by atoms with van der Waals surface area (Å²) < 4.78 is 0. The first-order valence-corrected chi connectivity index (χ1v) is 9.04. The maximum Gasteiger partial charge on any atom is 0.254 e. The van der Waals surface area contributed by atoms with Gasteiger partial charge in [-0.15, -0.1) is 0 Å². The first-order chi connectivity index (χ1) is 12.6. The van der Waals surface area contributed by atoms with Crippen LogP contribution in [0.5, 0.6) is 0 Å². The molecule has 0 unspecified atom stereocenters. The van der Waals surface area contributed by atoms with Crippen LogP contribution in [0.1, 0.15) is 16.8 Å². The van der Waals surface area contributed by atoms with Crippen LogP contribution in [0.3, 0.4) is 0 Å². The standard InChI is InChI=1S/C19H16Cl2N4O/c20-14-6-12(7-15(21)8-14)10-25-5-3-16-17(11-25)23-18(24-19(16)26)13-2-1-4-22-9-13/h1-2,4,6-9H,3,5,10-11H2,(H,23,24,26). The van der Waals surface area contributed by atoms with E-state index in [1.165, 1.54) is 0 Å². The molecule has 0 amide bonds. The number of nitrogens with one attached hydrogen (secondary N) is 1. The minimum atomic E-state index is -0.0701. The van der Waals surface area contributed by atoms with E-state index in [1.54, 1.807) is 18.5 Å². The van der Waals surface area contributed by atoms with Crippen molar-refractivity contribution in [3.8, 4) is 11.4 Å². The van der Waals surface area contributed by atoms with Crippen LogP contribution < -0.4 is 5.56 Å². The van der Waals surface area contributed by atoms with Gasteiger partial charge < -0.3 is 4.98 Å². The van der Waals surface area contributed by atoms with Gasteiger partial charge in [-0.05, 0) is 42.3 Å². The normalized spacial score (nSPS) is 14.2. The molecule has 0 radical (unpaired) electrons. The van der Waals surface area contributed by atoms with Crippen LogP contribution in [0.15, 0.2) is 47.5 Å². The second-order valence-corrected chi connectivity index (χ2v) is 7.19. The predicted octanol–water partition coefficient (Wildman–Crippen LogP) is 3.70. The average Bonchev–Trinajstić information content (AvgIpc) is 2.61. The summed E-state index contributed by atoms with van der Waals surface area (Å²) in [5.41, 5.74) is 3.35. The van der Waals surface area contributed by atoms with E-state index in [-0.39, 0.29) is 5.56 Å². The molecule has 7 heteroatoms. The van der Waals surface area contributed by atoms with E-state index in [9.17, 15) is 4.79 Å². The third-order valence-corrected chi connectivity index (χ3v) is 4.85. The fraction of sp³-hybridized carbons (Fsp3) is 0.211. The Morgan fingerprint density at radius 1 is 1.19 bits per heavy atom. The molecule has 1 N–H and O–H groups in total. The number of rotatable bonds is 3. The van der Waals surface area contributed by atoms with Gasteiger partial charge in [0.15, 0.2) is 0 Å². The molecule has 0 atom stereocenters. The molecule has 0 saturated heterocycles. The lowest BCUT2D eigenvalue weighted by Gasteiger charge is -2.27. The molecule has 0 fully saturated rings. The maximum absolute atomic E-state index is 12.4. The number of pyridine rings is 1. The summed E-state index contributed by atoms with van der Waals surface area (Å²) in [4.78, 5) is 26.3. The molecule has 0 saturated carbocycles. The summed E-state index contributed by atoms with van der Waals surface area (Å²) in [5, 5.41) is 1.25. The molecule has 26 heavy (non-hydrogen) atoms. The predicted molar refractivity (Wildman–Crippen MR) is 102 cm³/mol. The van der Waals surface area contributed by atoms with Crippen molar-refractivity contribution in [3.63, 3.8) is 0 Å². The SMILES string of the molecule is O=c1[nH]c(-c2cccnc2)nc2c1CCN(Cc1cc(Cl)cc(Cl)c1)C2. The Kier molecular flexibility index (Phi) is 4.76. The molecular formula is C19H16Cl2N4O. The Hall–Kier alpha value is -2.21. The van der Waals surface area contributed by atoms with Crippen LogP contribution >= 0.6 is 23.2 Å². The van der Waals surface area contributed by atoms with Gasteiger partial charge in [-0.3, -0.25) is 14.7 Å². The van der Waals surface area contributed by atoms with Crippen molar-refractivity contribution in [2.75, 3.05) is 6.54 Å². The molecule has 1 aromatic carbocycles. The Balaban J connectivity index is 1.61. The summed E-state index contributed by atoms with van der Waals surface area (Å²) in [6, 6.07) is 9.25. The van der Waals surface area contributed by atoms with Crippen LogP contribution in [0.2, 0.25) is 10.0 Å². The number of aromatic amines is 1. The van der Waals surface area contributed by atoms with Crippen molar-refractivity contribution in [1.82, 2.24) is 19.9 Å². The van der Waals surface area contributed by atoms with Crippen molar-refractivity contribution in [3.05, 3.63) is 79.9 Å². The fourth-order valence-corrected chi connectivity index (χ4v) is 3.80. The van der Waals surface area contributed by atoms with Gasteiger partial charge in [0.1, 0.15) is 5.82 Å². The number of H-pyrrole nitrogens is 1. The highest BCUT2D eigenvalue weighted by Crippen LogP contribution is 2.23. The molecule has 132 valence electrons. The molecule has 3 aromatic rings. The average molecular weight is 387 g/mol. The minimum absolute atomic E-state index is 0.0701. The van der Waals surface area contributed by atoms with E-state index < -0.39 is 0 Å². The fourth-order valence-electron chi connectivity index (χ4n) is 3.23. The lowest BCUT2D eigenvalue weighted by molar-refractivity contribution is 0.240. The lowest BCUT2D eigenvalue weighted by atomic mass is 10.1. The van der Waals surface area contributed by atoms with Gasteiger partial charge in [-0.2, -0.15) is 0 Å². The third-order valence-electron chi connectivity index (χ3n) is 4.42. The van der Waals surface area contributed by atoms with Gasteiger partial charge >= 0.3 is 0 Å². The second kappa shape index (κ2) is 7.19. The van der Waals surface area contributed by atoms with Gasteiger partial charge in [0.2, 0.25) is 0 Å². The van der Waals surface area contributed by atoms with Gasteiger partial charge in [0.25, 0.3) is 5.56 Å². The summed E-state index contributed by atoms with van der Waals surface area (Å²) in [5.74, 6) is 0.550. The minimum Gasteiger partial charge on any atom is -0.306 e. The van der Waals surface area contributed by atoms with E-state index in [4.69, 9.17) is 23.2 Å². The molecule has 3 heterocycles. The molecule has 1 aliphatic rings. The van der Waals surface area contributed by atoms with Crippen molar-refractivity contribution in [2.24, 2.45) is 0 Å². The van der Waals surface area contributed by atoms with E-state index in [0.29, 0.717) is 35.4 Å². The van der Waals surface area contributed by atoms with E-state index in [0.717, 1.165) is 28.9 Å². The molecule has 1 aliphatic heterocycles. The summed E-state index contributed by atoms with van der Waals surface area (Å²) >= 11 is 12.2. The van der Waals surface area contributed by atoms with Gasteiger partial charge in [-0.25, -0.2) is 4.98 Å². The van der Waals surface area contributed by atoms with Crippen molar-refractivity contribution in [1.29, 1.82) is 0 Å².